The zero-order valence-corrected chi connectivity index (χ0v) is 19.2. The van der Waals surface area contributed by atoms with Crippen molar-refractivity contribution in [3.05, 3.63) is 0 Å². The molecule has 2 nitrogen and oxygen atoms in total. The lowest BCUT2D eigenvalue weighted by Gasteiger charge is -2.28. The minimum absolute atomic E-state index is 0. The molecule has 0 aromatic rings. The van der Waals surface area contributed by atoms with E-state index in [-0.39, 0.29) is 29.1 Å². The minimum Gasteiger partial charge on any atom is -0.317 e. The van der Waals surface area contributed by atoms with Crippen LogP contribution in [0, 0.1) is 42.4 Å². The zero-order chi connectivity index (χ0) is 19.6. The highest BCUT2D eigenvalue weighted by Crippen LogP contribution is 2.31. The van der Waals surface area contributed by atoms with Crippen molar-refractivity contribution in [3.63, 3.8) is 0 Å². The van der Waals surface area contributed by atoms with Gasteiger partial charge >= 0.3 is 0 Å². The molecular formula is C23H40ClNOS. The second-order valence-electron chi connectivity index (χ2n) is 8.89. The monoisotopic (exact) mass is 413 g/mol. The van der Waals surface area contributed by atoms with Gasteiger partial charge in [0, 0.05) is 27.2 Å². The fourth-order valence-corrected chi connectivity index (χ4v) is 5.09. The number of hydrogen-bond acceptors (Lipinski definition) is 2. The molecule has 3 atom stereocenters. The van der Waals surface area contributed by atoms with Crippen LogP contribution in [0.25, 0.3) is 0 Å². The van der Waals surface area contributed by atoms with E-state index in [4.69, 9.17) is 18.6 Å². The molecule has 27 heavy (non-hydrogen) atoms. The van der Waals surface area contributed by atoms with Gasteiger partial charge in [0.25, 0.3) is 0 Å². The molecule has 0 aromatic heterocycles. The molecular weight excluding hydrogens is 374 g/mol. The summed E-state index contributed by atoms with van der Waals surface area (Å²) in [6.45, 7) is 6.08. The quantitative estimate of drug-likeness (QED) is 0.634. The SMILES string of the molecule is C#C[C@@H](C[S@@](=O)C(C)(C)C)C1CCCCC1.C#C[C@@H](N)C1CCCCC1.Cl. The molecule has 0 amide bonds. The van der Waals surface area contributed by atoms with E-state index in [0.29, 0.717) is 17.6 Å². The Morgan fingerprint density at radius 1 is 0.926 bits per heavy atom. The predicted octanol–water partition coefficient (Wildman–Crippen LogP) is 5.31. The summed E-state index contributed by atoms with van der Waals surface area (Å²) in [5.41, 5.74) is 5.71. The molecule has 4 heteroatoms. The van der Waals surface area contributed by atoms with Gasteiger partial charge in [0.2, 0.25) is 0 Å². The smallest absolute Gasteiger partial charge is 0.0690 e. The van der Waals surface area contributed by atoms with E-state index in [9.17, 15) is 4.21 Å². The molecule has 0 heterocycles. The Hall–Kier alpha value is -0.480. The van der Waals surface area contributed by atoms with Crippen molar-refractivity contribution in [2.75, 3.05) is 5.75 Å². The summed E-state index contributed by atoms with van der Waals surface area (Å²) in [7, 11) is -0.811. The van der Waals surface area contributed by atoms with Crippen LogP contribution in [0.4, 0.5) is 0 Å². The molecule has 0 spiro atoms. The lowest BCUT2D eigenvalue weighted by Crippen LogP contribution is -2.30. The van der Waals surface area contributed by atoms with E-state index in [0.717, 1.165) is 0 Å². The van der Waals surface area contributed by atoms with E-state index in [1.165, 1.54) is 64.2 Å². The summed E-state index contributed by atoms with van der Waals surface area (Å²) >= 11 is 0. The van der Waals surface area contributed by atoms with E-state index < -0.39 is 10.8 Å². The summed E-state index contributed by atoms with van der Waals surface area (Å²) in [5, 5.41) is 0. The number of nitrogens with two attached hydrogens (primary N) is 1. The highest BCUT2D eigenvalue weighted by Gasteiger charge is 2.28. The highest BCUT2D eigenvalue weighted by molar-refractivity contribution is 7.86. The van der Waals surface area contributed by atoms with Crippen LogP contribution < -0.4 is 5.73 Å². The van der Waals surface area contributed by atoms with Crippen molar-refractivity contribution in [3.8, 4) is 24.7 Å². The van der Waals surface area contributed by atoms with Gasteiger partial charge in [-0.05, 0) is 58.3 Å². The summed E-state index contributed by atoms with van der Waals surface area (Å²) in [6.07, 6.45) is 23.7. The van der Waals surface area contributed by atoms with E-state index in [2.05, 4.69) is 11.8 Å². The molecule has 0 aliphatic heterocycles. The van der Waals surface area contributed by atoms with Crippen LogP contribution in [0.5, 0.6) is 0 Å². The predicted molar refractivity (Wildman–Crippen MR) is 122 cm³/mol. The van der Waals surface area contributed by atoms with E-state index in [1.54, 1.807) is 0 Å². The van der Waals surface area contributed by atoms with Crippen LogP contribution in [-0.2, 0) is 10.8 Å². The average Bonchev–Trinajstić information content (AvgIpc) is 2.66. The summed E-state index contributed by atoms with van der Waals surface area (Å²) < 4.78 is 12.0. The summed E-state index contributed by atoms with van der Waals surface area (Å²) in [4.78, 5) is 0. The zero-order valence-electron chi connectivity index (χ0n) is 17.5. The van der Waals surface area contributed by atoms with Gasteiger partial charge in [-0.1, -0.05) is 44.4 Å². The Morgan fingerprint density at radius 3 is 1.74 bits per heavy atom. The second kappa shape index (κ2) is 13.7. The van der Waals surface area contributed by atoms with Crippen molar-refractivity contribution in [2.45, 2.75) is 95.8 Å². The first-order valence-electron chi connectivity index (χ1n) is 10.4. The molecule has 2 aliphatic carbocycles. The van der Waals surface area contributed by atoms with Crippen LogP contribution >= 0.6 is 12.4 Å². The first kappa shape index (κ1) is 26.5. The van der Waals surface area contributed by atoms with Crippen molar-refractivity contribution in [2.24, 2.45) is 23.5 Å². The van der Waals surface area contributed by atoms with Crippen molar-refractivity contribution >= 4 is 23.2 Å². The first-order chi connectivity index (χ1) is 12.3. The molecule has 0 saturated heterocycles. The molecule has 2 fully saturated rings. The molecule has 0 aromatic carbocycles. The van der Waals surface area contributed by atoms with Gasteiger partial charge < -0.3 is 5.73 Å². The van der Waals surface area contributed by atoms with Gasteiger partial charge in [0.05, 0.1) is 6.04 Å². The Labute approximate surface area is 177 Å². The van der Waals surface area contributed by atoms with Crippen molar-refractivity contribution in [1.82, 2.24) is 0 Å². The maximum absolute atomic E-state index is 12.1. The van der Waals surface area contributed by atoms with Gasteiger partial charge in [-0.25, -0.2) is 0 Å². The number of rotatable bonds is 4. The van der Waals surface area contributed by atoms with Crippen LogP contribution in [0.1, 0.15) is 85.0 Å². The maximum atomic E-state index is 12.1. The Morgan fingerprint density at radius 2 is 1.37 bits per heavy atom. The number of hydrogen-bond donors (Lipinski definition) is 1. The third-order valence-corrected chi connectivity index (χ3v) is 7.82. The molecule has 0 unspecified atom stereocenters. The highest BCUT2D eigenvalue weighted by atomic mass is 35.5. The maximum Gasteiger partial charge on any atom is 0.0690 e. The third-order valence-electron chi connectivity index (χ3n) is 5.80. The number of terminal acetylenes is 2. The average molecular weight is 414 g/mol. The molecule has 2 rings (SSSR count). The molecule has 0 radical (unpaired) electrons. The molecule has 2 saturated carbocycles. The lowest BCUT2D eigenvalue weighted by atomic mass is 9.81. The fraction of sp³-hybridized carbons (Fsp3) is 0.826. The van der Waals surface area contributed by atoms with Crippen LogP contribution in [0.2, 0.25) is 0 Å². The van der Waals surface area contributed by atoms with Gasteiger partial charge in [-0.2, -0.15) is 0 Å². The van der Waals surface area contributed by atoms with Gasteiger partial charge in [-0.15, -0.1) is 31.2 Å². The summed E-state index contributed by atoms with van der Waals surface area (Å²) in [6, 6.07) is 0.0142. The minimum atomic E-state index is -0.811. The second-order valence-corrected chi connectivity index (χ2v) is 11.1. The molecule has 0 bridgehead atoms. The Bertz CT molecular complexity index is 502. The van der Waals surface area contributed by atoms with E-state index >= 15 is 0 Å². The number of halogens is 1. The van der Waals surface area contributed by atoms with Crippen LogP contribution in [0.3, 0.4) is 0 Å². The topological polar surface area (TPSA) is 43.1 Å². The van der Waals surface area contributed by atoms with Crippen LogP contribution in [0.15, 0.2) is 0 Å². The first-order valence-corrected chi connectivity index (χ1v) is 11.7. The third kappa shape index (κ3) is 10.0. The molecule has 2 aliphatic rings. The van der Waals surface area contributed by atoms with Crippen molar-refractivity contribution in [1.29, 1.82) is 0 Å². The van der Waals surface area contributed by atoms with E-state index in [1.807, 2.05) is 20.8 Å². The molecule has 2 N–H and O–H groups in total. The van der Waals surface area contributed by atoms with Crippen LogP contribution in [-0.4, -0.2) is 20.8 Å². The van der Waals surface area contributed by atoms with Gasteiger partial charge in [0.1, 0.15) is 0 Å². The Balaban J connectivity index is 0.000000531. The lowest BCUT2D eigenvalue weighted by molar-refractivity contribution is 0.308. The van der Waals surface area contributed by atoms with Gasteiger partial charge in [-0.3, -0.25) is 4.21 Å². The fourth-order valence-electron chi connectivity index (χ4n) is 3.90. The van der Waals surface area contributed by atoms with Gasteiger partial charge in [0.15, 0.2) is 0 Å². The largest absolute Gasteiger partial charge is 0.317 e. The normalized spacial score (nSPS) is 22.0. The standard InChI is InChI=1S/C14H24OS.C9H15N.ClH/c1-5-12(11-16(15)14(2,3)4)13-9-7-6-8-10-13;1-2-9(10)8-6-4-3-5-7-8;/h1,12-13H,6-11H2,2-4H3;1,8-9H,3-7,10H2;1H/t12-,16+;9-;/m01./s1. The Kier molecular flexibility index (Phi) is 13.4. The molecule has 156 valence electrons. The summed E-state index contributed by atoms with van der Waals surface area (Å²) in [5.74, 6) is 7.63. The van der Waals surface area contributed by atoms with Crippen molar-refractivity contribution < 1.29 is 4.21 Å².